The Morgan fingerprint density at radius 2 is 2.00 bits per heavy atom. The molecule has 0 fully saturated rings. The van der Waals surface area contributed by atoms with Crippen LogP contribution in [0.25, 0.3) is 10.9 Å². The molecule has 0 aliphatic rings. The van der Waals surface area contributed by atoms with E-state index in [4.69, 9.17) is 0 Å². The van der Waals surface area contributed by atoms with Crippen LogP contribution in [0.3, 0.4) is 0 Å². The van der Waals surface area contributed by atoms with Crippen molar-refractivity contribution in [2.24, 2.45) is 5.92 Å². The minimum atomic E-state index is -0.0977. The van der Waals surface area contributed by atoms with Gasteiger partial charge in [0.25, 0.3) is 5.91 Å². The number of rotatable bonds is 6. The van der Waals surface area contributed by atoms with Crippen molar-refractivity contribution in [2.45, 2.75) is 46.1 Å². The van der Waals surface area contributed by atoms with E-state index in [0.29, 0.717) is 11.6 Å². The average Bonchev–Trinajstić information content (AvgIpc) is 2.82. The second kappa shape index (κ2) is 6.55. The van der Waals surface area contributed by atoms with E-state index < -0.39 is 0 Å². The average molecular weight is 273 g/mol. The highest BCUT2D eigenvalue weighted by Gasteiger charge is 2.15. The summed E-state index contributed by atoms with van der Waals surface area (Å²) >= 11 is 0. The van der Waals surface area contributed by atoms with Gasteiger partial charge in [0.05, 0.1) is 5.52 Å². The monoisotopic (exact) mass is 273 g/mol. The number of benzene rings is 1. The fourth-order valence-electron chi connectivity index (χ4n) is 2.33. The number of fused-ring (bicyclic) bond motifs is 1. The van der Waals surface area contributed by atoms with Gasteiger partial charge in [0.1, 0.15) is 0 Å². The van der Waals surface area contributed by atoms with Crippen LogP contribution in [-0.4, -0.2) is 22.1 Å². The Labute approximate surface area is 120 Å². The van der Waals surface area contributed by atoms with E-state index in [0.717, 1.165) is 23.7 Å². The molecule has 1 atom stereocenters. The predicted molar refractivity (Wildman–Crippen MR) is 81.7 cm³/mol. The van der Waals surface area contributed by atoms with Gasteiger partial charge in [-0.15, -0.1) is 0 Å². The number of H-pyrrole nitrogens is 1. The zero-order valence-corrected chi connectivity index (χ0v) is 12.4. The van der Waals surface area contributed by atoms with Gasteiger partial charge in [-0.1, -0.05) is 44.9 Å². The van der Waals surface area contributed by atoms with Gasteiger partial charge >= 0.3 is 0 Å². The molecular weight excluding hydrogens is 250 g/mol. The van der Waals surface area contributed by atoms with Crippen molar-refractivity contribution in [1.29, 1.82) is 0 Å². The number of carbonyl (C=O) groups excluding carboxylic acids is 1. The zero-order chi connectivity index (χ0) is 14.5. The van der Waals surface area contributed by atoms with E-state index in [9.17, 15) is 4.79 Å². The molecule has 1 amide bonds. The Hall–Kier alpha value is -1.84. The Bertz CT molecular complexity index is 574. The van der Waals surface area contributed by atoms with E-state index in [1.165, 1.54) is 6.42 Å². The van der Waals surface area contributed by atoms with Gasteiger partial charge in [0.2, 0.25) is 0 Å². The van der Waals surface area contributed by atoms with E-state index in [-0.39, 0.29) is 11.9 Å². The summed E-state index contributed by atoms with van der Waals surface area (Å²) in [6.07, 6.45) is 3.35. The molecule has 108 valence electrons. The normalized spacial score (nSPS) is 12.8. The number of nitrogens with one attached hydrogen (secondary N) is 2. The molecule has 0 spiro atoms. The molecule has 0 aliphatic carbocycles. The van der Waals surface area contributed by atoms with E-state index >= 15 is 0 Å². The first-order valence-corrected chi connectivity index (χ1v) is 7.32. The highest BCUT2D eigenvalue weighted by atomic mass is 16.2. The summed E-state index contributed by atoms with van der Waals surface area (Å²) in [7, 11) is 0. The molecule has 4 nitrogen and oxygen atoms in total. The lowest BCUT2D eigenvalue weighted by atomic mass is 10.0. The SMILES string of the molecule is CC(C)CCCC(C)NC(=O)c1n[nH]c2ccccc12. The smallest absolute Gasteiger partial charge is 0.272 e. The van der Waals surface area contributed by atoms with E-state index in [1.54, 1.807) is 0 Å². The second-order valence-electron chi connectivity index (χ2n) is 5.82. The van der Waals surface area contributed by atoms with E-state index in [2.05, 4.69) is 29.4 Å². The minimum absolute atomic E-state index is 0.0977. The van der Waals surface area contributed by atoms with Crippen LogP contribution in [0.4, 0.5) is 0 Å². The summed E-state index contributed by atoms with van der Waals surface area (Å²) in [5.74, 6) is 0.618. The summed E-state index contributed by atoms with van der Waals surface area (Å²) in [5.41, 5.74) is 1.38. The van der Waals surface area contributed by atoms with Crippen molar-refractivity contribution < 1.29 is 4.79 Å². The summed E-state index contributed by atoms with van der Waals surface area (Å²) in [6, 6.07) is 7.86. The molecule has 1 heterocycles. The lowest BCUT2D eigenvalue weighted by Crippen LogP contribution is -2.32. The quantitative estimate of drug-likeness (QED) is 0.846. The van der Waals surface area contributed by atoms with Gasteiger partial charge in [-0.3, -0.25) is 9.89 Å². The van der Waals surface area contributed by atoms with E-state index in [1.807, 2.05) is 31.2 Å². The Balaban J connectivity index is 1.94. The second-order valence-corrected chi connectivity index (χ2v) is 5.82. The first-order valence-electron chi connectivity index (χ1n) is 7.32. The van der Waals surface area contributed by atoms with Crippen LogP contribution in [-0.2, 0) is 0 Å². The maximum Gasteiger partial charge on any atom is 0.272 e. The zero-order valence-electron chi connectivity index (χ0n) is 12.4. The molecule has 2 aromatic rings. The number of para-hydroxylation sites is 1. The Kier molecular flexibility index (Phi) is 4.77. The molecule has 1 aromatic heterocycles. The lowest BCUT2D eigenvalue weighted by Gasteiger charge is -2.13. The topological polar surface area (TPSA) is 57.8 Å². The molecular formula is C16H23N3O. The van der Waals surface area contributed by atoms with Crippen LogP contribution >= 0.6 is 0 Å². The van der Waals surface area contributed by atoms with Crippen LogP contribution in [0.5, 0.6) is 0 Å². The van der Waals surface area contributed by atoms with Crippen LogP contribution in [0.1, 0.15) is 50.5 Å². The number of nitrogens with zero attached hydrogens (tertiary/aromatic N) is 1. The highest BCUT2D eigenvalue weighted by Crippen LogP contribution is 2.15. The van der Waals surface area contributed by atoms with Gasteiger partial charge in [-0.05, 0) is 25.3 Å². The highest BCUT2D eigenvalue weighted by molar-refractivity contribution is 6.04. The fraction of sp³-hybridized carbons (Fsp3) is 0.500. The van der Waals surface area contributed by atoms with Crippen molar-refractivity contribution in [3.8, 4) is 0 Å². The summed E-state index contributed by atoms with van der Waals surface area (Å²) < 4.78 is 0. The minimum Gasteiger partial charge on any atom is -0.348 e. The van der Waals surface area contributed by atoms with Gasteiger partial charge < -0.3 is 5.32 Å². The van der Waals surface area contributed by atoms with Gasteiger partial charge in [0, 0.05) is 11.4 Å². The first-order chi connectivity index (χ1) is 9.58. The van der Waals surface area contributed by atoms with Crippen molar-refractivity contribution in [3.63, 3.8) is 0 Å². The number of aromatic nitrogens is 2. The van der Waals surface area contributed by atoms with Crippen LogP contribution < -0.4 is 5.32 Å². The third-order valence-electron chi connectivity index (χ3n) is 3.48. The third kappa shape index (κ3) is 3.59. The van der Waals surface area contributed by atoms with Crippen LogP contribution in [0.15, 0.2) is 24.3 Å². The molecule has 1 unspecified atom stereocenters. The molecule has 2 rings (SSSR count). The summed E-state index contributed by atoms with van der Waals surface area (Å²) in [6.45, 7) is 6.49. The lowest BCUT2D eigenvalue weighted by molar-refractivity contribution is 0.0934. The van der Waals surface area contributed by atoms with Crippen molar-refractivity contribution in [2.75, 3.05) is 0 Å². The number of amides is 1. The number of aromatic amines is 1. The first kappa shape index (κ1) is 14.6. The van der Waals surface area contributed by atoms with Crippen LogP contribution in [0, 0.1) is 5.92 Å². The van der Waals surface area contributed by atoms with Crippen molar-refractivity contribution in [3.05, 3.63) is 30.0 Å². The Morgan fingerprint density at radius 1 is 1.25 bits per heavy atom. The van der Waals surface area contributed by atoms with Gasteiger partial charge in [0.15, 0.2) is 5.69 Å². The van der Waals surface area contributed by atoms with Gasteiger partial charge in [-0.25, -0.2) is 0 Å². The largest absolute Gasteiger partial charge is 0.348 e. The predicted octanol–water partition coefficient (Wildman–Crippen LogP) is 3.51. The maximum atomic E-state index is 12.2. The van der Waals surface area contributed by atoms with Crippen molar-refractivity contribution in [1.82, 2.24) is 15.5 Å². The van der Waals surface area contributed by atoms with Crippen LogP contribution in [0.2, 0.25) is 0 Å². The molecule has 4 heteroatoms. The van der Waals surface area contributed by atoms with Crippen molar-refractivity contribution >= 4 is 16.8 Å². The van der Waals surface area contributed by atoms with Gasteiger partial charge in [-0.2, -0.15) is 5.10 Å². The summed E-state index contributed by atoms with van der Waals surface area (Å²) in [4.78, 5) is 12.2. The molecule has 0 aliphatic heterocycles. The molecule has 0 radical (unpaired) electrons. The Morgan fingerprint density at radius 3 is 2.75 bits per heavy atom. The molecule has 0 saturated heterocycles. The number of carbonyl (C=O) groups is 1. The standard InChI is InChI=1S/C16H23N3O/c1-11(2)7-6-8-12(3)17-16(20)15-13-9-4-5-10-14(13)18-19-15/h4-5,9-12H,6-8H2,1-3H3,(H,17,20)(H,18,19). The molecule has 0 bridgehead atoms. The summed E-state index contributed by atoms with van der Waals surface area (Å²) in [5, 5.41) is 10.9. The fourth-order valence-corrected chi connectivity index (χ4v) is 2.33. The number of hydrogen-bond donors (Lipinski definition) is 2. The third-order valence-corrected chi connectivity index (χ3v) is 3.48. The number of hydrogen-bond acceptors (Lipinski definition) is 2. The molecule has 0 saturated carbocycles. The molecule has 1 aromatic carbocycles. The maximum absolute atomic E-state index is 12.2. The molecule has 20 heavy (non-hydrogen) atoms. The molecule has 2 N–H and O–H groups in total.